The molecule has 60 valence electrons. The molecule has 1 aromatic rings. The number of aromatic nitrogens is 2. The summed E-state index contributed by atoms with van der Waals surface area (Å²) in [5.41, 5.74) is 0. The molecule has 5 heteroatoms. The van der Waals surface area contributed by atoms with Crippen LogP contribution >= 0.6 is 0 Å². The lowest BCUT2D eigenvalue weighted by Gasteiger charge is -2.10. The molecule has 0 unspecified atom stereocenters. The van der Waals surface area contributed by atoms with E-state index in [4.69, 9.17) is 4.52 Å². The van der Waals surface area contributed by atoms with Crippen LogP contribution in [0.2, 0.25) is 0 Å². The second-order valence-electron chi connectivity index (χ2n) is 2.21. The highest BCUT2D eigenvalue weighted by Gasteiger charge is 2.06. The van der Waals surface area contributed by atoms with Crippen molar-refractivity contribution in [2.75, 3.05) is 7.05 Å². The average molecular weight is 155 g/mol. The maximum atomic E-state index is 10.7. The maximum absolute atomic E-state index is 10.7. The van der Waals surface area contributed by atoms with Crippen LogP contribution in [0.15, 0.2) is 10.9 Å². The molecule has 0 saturated heterocycles. The Morgan fingerprint density at radius 2 is 2.55 bits per heavy atom. The average Bonchev–Trinajstić information content (AvgIpc) is 2.39. The molecule has 0 aliphatic carbocycles. The molecule has 0 radical (unpaired) electrons. The SMILES string of the molecule is CC(=O)N(C)Cc1ncno1. The minimum absolute atomic E-state index is 0.0248. The Morgan fingerprint density at radius 1 is 1.82 bits per heavy atom. The summed E-state index contributed by atoms with van der Waals surface area (Å²) in [5, 5.41) is 3.41. The molecular weight excluding hydrogens is 146 g/mol. The zero-order chi connectivity index (χ0) is 8.27. The van der Waals surface area contributed by atoms with Crippen LogP contribution in [0.3, 0.4) is 0 Å². The predicted octanol–water partition coefficient (Wildman–Crippen LogP) is 0.0479. The van der Waals surface area contributed by atoms with Gasteiger partial charge in [0.2, 0.25) is 11.8 Å². The van der Waals surface area contributed by atoms with Crippen LogP contribution in [0.1, 0.15) is 12.8 Å². The van der Waals surface area contributed by atoms with Gasteiger partial charge in [-0.05, 0) is 0 Å². The maximum Gasteiger partial charge on any atom is 0.245 e. The van der Waals surface area contributed by atoms with Gasteiger partial charge in [-0.2, -0.15) is 4.98 Å². The van der Waals surface area contributed by atoms with E-state index in [0.717, 1.165) is 0 Å². The van der Waals surface area contributed by atoms with Crippen molar-refractivity contribution in [2.45, 2.75) is 13.5 Å². The summed E-state index contributed by atoms with van der Waals surface area (Å²) in [4.78, 5) is 16.0. The van der Waals surface area contributed by atoms with Crippen LogP contribution in [0.4, 0.5) is 0 Å². The van der Waals surface area contributed by atoms with E-state index >= 15 is 0 Å². The summed E-state index contributed by atoms with van der Waals surface area (Å²) in [5.74, 6) is 0.422. The fraction of sp³-hybridized carbons (Fsp3) is 0.500. The molecule has 0 aliphatic heterocycles. The van der Waals surface area contributed by atoms with Crippen molar-refractivity contribution in [3.05, 3.63) is 12.2 Å². The molecule has 0 aromatic carbocycles. The van der Waals surface area contributed by atoms with E-state index < -0.39 is 0 Å². The number of rotatable bonds is 2. The highest BCUT2D eigenvalue weighted by atomic mass is 16.5. The third-order valence-corrected chi connectivity index (χ3v) is 1.32. The summed E-state index contributed by atoms with van der Waals surface area (Å²) in [6.45, 7) is 1.85. The zero-order valence-electron chi connectivity index (χ0n) is 6.44. The number of carbonyl (C=O) groups excluding carboxylic acids is 1. The lowest BCUT2D eigenvalue weighted by atomic mass is 10.5. The Kier molecular flexibility index (Phi) is 2.20. The first-order valence-electron chi connectivity index (χ1n) is 3.17. The summed E-state index contributed by atoms with van der Waals surface area (Å²) < 4.78 is 4.70. The molecular formula is C6H9N3O2. The van der Waals surface area contributed by atoms with Crippen LogP contribution in [0.5, 0.6) is 0 Å². The molecule has 5 nitrogen and oxygen atoms in total. The first kappa shape index (κ1) is 7.71. The first-order chi connectivity index (χ1) is 5.20. The molecule has 1 heterocycles. The van der Waals surface area contributed by atoms with Crippen molar-refractivity contribution >= 4 is 5.91 Å². The Hall–Kier alpha value is -1.39. The van der Waals surface area contributed by atoms with Crippen LogP contribution in [0, 0.1) is 0 Å². The highest BCUT2D eigenvalue weighted by molar-refractivity contribution is 5.72. The quantitative estimate of drug-likeness (QED) is 0.605. The Morgan fingerprint density at radius 3 is 3.00 bits per heavy atom. The molecule has 11 heavy (non-hydrogen) atoms. The van der Waals surface area contributed by atoms with Crippen molar-refractivity contribution in [1.29, 1.82) is 0 Å². The van der Waals surface area contributed by atoms with Gasteiger partial charge in [0.1, 0.15) is 0 Å². The van der Waals surface area contributed by atoms with Crippen molar-refractivity contribution in [1.82, 2.24) is 15.0 Å². The second-order valence-corrected chi connectivity index (χ2v) is 2.21. The van der Waals surface area contributed by atoms with E-state index in [1.165, 1.54) is 18.2 Å². The van der Waals surface area contributed by atoms with E-state index in [2.05, 4.69) is 10.1 Å². The van der Waals surface area contributed by atoms with Gasteiger partial charge in [0.05, 0.1) is 6.54 Å². The van der Waals surface area contributed by atoms with Gasteiger partial charge in [0, 0.05) is 14.0 Å². The van der Waals surface area contributed by atoms with Gasteiger partial charge < -0.3 is 9.42 Å². The molecule has 1 aromatic heterocycles. The lowest BCUT2D eigenvalue weighted by molar-refractivity contribution is -0.128. The number of carbonyl (C=O) groups is 1. The molecule has 0 saturated carbocycles. The second kappa shape index (κ2) is 3.14. The van der Waals surface area contributed by atoms with Crippen LogP contribution in [-0.4, -0.2) is 28.0 Å². The molecule has 0 aliphatic rings. The molecule has 0 spiro atoms. The van der Waals surface area contributed by atoms with Crippen molar-refractivity contribution < 1.29 is 9.32 Å². The number of hydrogen-bond donors (Lipinski definition) is 0. The summed E-state index contributed by atoms with van der Waals surface area (Å²) in [6, 6.07) is 0. The predicted molar refractivity (Wildman–Crippen MR) is 36.4 cm³/mol. The molecule has 1 rings (SSSR count). The standard InChI is InChI=1S/C6H9N3O2/c1-5(10)9(2)3-6-7-4-8-11-6/h4H,3H2,1-2H3. The van der Waals surface area contributed by atoms with Gasteiger partial charge >= 0.3 is 0 Å². The Bertz CT molecular complexity index is 232. The minimum Gasteiger partial charge on any atom is -0.338 e. The lowest BCUT2D eigenvalue weighted by Crippen LogP contribution is -2.23. The summed E-state index contributed by atoms with van der Waals surface area (Å²) in [7, 11) is 1.67. The Labute approximate surface area is 64.0 Å². The van der Waals surface area contributed by atoms with E-state index in [1.807, 2.05) is 0 Å². The van der Waals surface area contributed by atoms with Crippen LogP contribution in [0.25, 0.3) is 0 Å². The fourth-order valence-corrected chi connectivity index (χ4v) is 0.580. The molecule has 0 fully saturated rings. The highest BCUT2D eigenvalue weighted by Crippen LogP contribution is 1.96. The topological polar surface area (TPSA) is 59.2 Å². The van der Waals surface area contributed by atoms with Crippen LogP contribution < -0.4 is 0 Å². The monoisotopic (exact) mass is 155 g/mol. The number of nitrogens with zero attached hydrogens (tertiary/aromatic N) is 3. The number of hydrogen-bond acceptors (Lipinski definition) is 4. The van der Waals surface area contributed by atoms with Crippen molar-refractivity contribution in [3.8, 4) is 0 Å². The smallest absolute Gasteiger partial charge is 0.245 e. The van der Waals surface area contributed by atoms with Gasteiger partial charge in [-0.3, -0.25) is 4.79 Å². The van der Waals surface area contributed by atoms with Gasteiger partial charge in [-0.1, -0.05) is 5.16 Å². The zero-order valence-corrected chi connectivity index (χ0v) is 6.44. The molecule has 0 atom stereocenters. The summed E-state index contributed by atoms with van der Waals surface area (Å²) in [6.07, 6.45) is 1.31. The van der Waals surface area contributed by atoms with E-state index in [9.17, 15) is 4.79 Å². The summed E-state index contributed by atoms with van der Waals surface area (Å²) >= 11 is 0. The minimum atomic E-state index is -0.0248. The van der Waals surface area contributed by atoms with Crippen LogP contribution in [-0.2, 0) is 11.3 Å². The third-order valence-electron chi connectivity index (χ3n) is 1.32. The van der Waals surface area contributed by atoms with Gasteiger partial charge in [0.15, 0.2) is 6.33 Å². The van der Waals surface area contributed by atoms with Gasteiger partial charge in [0.25, 0.3) is 0 Å². The largest absolute Gasteiger partial charge is 0.338 e. The van der Waals surface area contributed by atoms with Gasteiger partial charge in [-0.15, -0.1) is 0 Å². The van der Waals surface area contributed by atoms with E-state index in [0.29, 0.717) is 12.4 Å². The third kappa shape index (κ3) is 2.03. The first-order valence-corrected chi connectivity index (χ1v) is 3.17. The molecule has 1 amide bonds. The number of amides is 1. The van der Waals surface area contributed by atoms with Crippen molar-refractivity contribution in [3.63, 3.8) is 0 Å². The fourth-order valence-electron chi connectivity index (χ4n) is 0.580. The van der Waals surface area contributed by atoms with E-state index in [-0.39, 0.29) is 5.91 Å². The normalized spacial score (nSPS) is 9.64. The van der Waals surface area contributed by atoms with Gasteiger partial charge in [-0.25, -0.2) is 0 Å². The molecule has 0 bridgehead atoms. The van der Waals surface area contributed by atoms with E-state index in [1.54, 1.807) is 7.05 Å². The Balaban J connectivity index is 2.50. The van der Waals surface area contributed by atoms with Crippen molar-refractivity contribution in [2.24, 2.45) is 0 Å². The molecule has 0 N–H and O–H groups in total.